The smallest absolute Gasteiger partial charge is 0.340 e. The molecule has 2 bridgehead atoms. The normalized spacial score (nSPS) is 18.5. The van der Waals surface area contributed by atoms with Crippen molar-refractivity contribution in [2.45, 2.75) is 32.2 Å². The predicted octanol–water partition coefficient (Wildman–Crippen LogP) is 3.88. The van der Waals surface area contributed by atoms with Crippen LogP contribution in [0.1, 0.15) is 34.7 Å². The first-order valence-corrected chi connectivity index (χ1v) is 12.7. The van der Waals surface area contributed by atoms with Crippen molar-refractivity contribution in [3.8, 4) is 5.75 Å². The van der Waals surface area contributed by atoms with Gasteiger partial charge in [-0.1, -0.05) is 36.4 Å². The maximum absolute atomic E-state index is 13.0. The lowest BCUT2D eigenvalue weighted by atomic mass is 9.83. The fraction of sp³-hybridized carbons (Fsp3) is 0.300. The number of aryl methyl sites for hydroxylation is 1. The minimum atomic E-state index is -0.360. The van der Waals surface area contributed by atoms with Gasteiger partial charge in [0.15, 0.2) is 6.61 Å². The summed E-state index contributed by atoms with van der Waals surface area (Å²) in [5.41, 5.74) is 3.70. The number of hydrogen-bond acceptors (Lipinski definition) is 5. The van der Waals surface area contributed by atoms with E-state index in [2.05, 4.69) is 0 Å². The van der Waals surface area contributed by atoms with Gasteiger partial charge >= 0.3 is 5.63 Å². The van der Waals surface area contributed by atoms with Crippen molar-refractivity contribution >= 4 is 16.9 Å². The minimum absolute atomic E-state index is 0.0284. The second-order valence-corrected chi connectivity index (χ2v) is 10.1. The standard InChI is InChI=1S/C30H28N2O5/c1-19-24-11-10-23(14-27(24)37-30(35)25(19)13-20-6-3-2-4-7-20)36-18-29(34)31-15-21-12-22(17-31)26-8-5-9-28(33)32(26)16-21/h2-11,14,21-22H,12-13,15-18H2,1H3/t21-,22+/m1/s1. The molecule has 4 heterocycles. The van der Waals surface area contributed by atoms with Gasteiger partial charge in [0.1, 0.15) is 11.3 Å². The number of amides is 1. The molecule has 6 rings (SSSR count). The number of nitrogens with zero attached hydrogens (tertiary/aromatic N) is 2. The average Bonchev–Trinajstić information content (AvgIpc) is 2.90. The van der Waals surface area contributed by atoms with Gasteiger partial charge in [0.2, 0.25) is 0 Å². The lowest BCUT2D eigenvalue weighted by Crippen LogP contribution is -2.50. The summed E-state index contributed by atoms with van der Waals surface area (Å²) in [5, 5.41) is 0.849. The Balaban J connectivity index is 1.16. The fourth-order valence-corrected chi connectivity index (χ4v) is 5.81. The number of benzene rings is 2. The molecule has 2 aromatic heterocycles. The Morgan fingerprint density at radius 3 is 2.68 bits per heavy atom. The molecule has 1 saturated heterocycles. The van der Waals surface area contributed by atoms with Crippen LogP contribution in [0.3, 0.4) is 0 Å². The third kappa shape index (κ3) is 4.46. The van der Waals surface area contributed by atoms with Gasteiger partial charge in [-0.25, -0.2) is 4.79 Å². The number of piperidine rings is 1. The van der Waals surface area contributed by atoms with E-state index in [4.69, 9.17) is 9.15 Å². The summed E-state index contributed by atoms with van der Waals surface area (Å²) >= 11 is 0. The first kappa shape index (κ1) is 23.3. The average molecular weight is 497 g/mol. The molecule has 2 atom stereocenters. The second-order valence-electron chi connectivity index (χ2n) is 10.1. The molecule has 7 heteroatoms. The topological polar surface area (TPSA) is 81.8 Å². The number of likely N-dealkylation sites (tertiary alicyclic amines) is 1. The van der Waals surface area contributed by atoms with Gasteiger partial charge in [0.05, 0.1) is 0 Å². The zero-order valence-corrected chi connectivity index (χ0v) is 20.7. The van der Waals surface area contributed by atoms with Gasteiger partial charge in [-0.05, 0) is 48.6 Å². The highest BCUT2D eigenvalue weighted by molar-refractivity contribution is 5.83. The van der Waals surface area contributed by atoms with E-state index in [-0.39, 0.29) is 35.5 Å². The van der Waals surface area contributed by atoms with Gasteiger partial charge in [0, 0.05) is 60.7 Å². The third-order valence-corrected chi connectivity index (χ3v) is 7.68. The molecule has 7 nitrogen and oxygen atoms in total. The van der Waals surface area contributed by atoms with Crippen molar-refractivity contribution in [3.05, 3.63) is 110 Å². The molecule has 188 valence electrons. The van der Waals surface area contributed by atoms with Gasteiger partial charge in [-0.3, -0.25) is 9.59 Å². The van der Waals surface area contributed by atoms with Gasteiger partial charge < -0.3 is 18.6 Å². The summed E-state index contributed by atoms with van der Waals surface area (Å²) in [6.07, 6.45) is 1.50. The molecular weight excluding hydrogens is 468 g/mol. The highest BCUT2D eigenvalue weighted by Crippen LogP contribution is 2.35. The second kappa shape index (κ2) is 9.39. The molecule has 0 aliphatic carbocycles. The van der Waals surface area contributed by atoms with E-state index in [1.807, 2.05) is 64.9 Å². The van der Waals surface area contributed by atoms with Gasteiger partial charge in [-0.15, -0.1) is 0 Å². The van der Waals surface area contributed by atoms with Crippen molar-refractivity contribution in [2.75, 3.05) is 19.7 Å². The van der Waals surface area contributed by atoms with Crippen molar-refractivity contribution < 1.29 is 13.9 Å². The molecule has 1 fully saturated rings. The summed E-state index contributed by atoms with van der Waals surface area (Å²) in [5.74, 6) is 0.817. The predicted molar refractivity (Wildman–Crippen MR) is 140 cm³/mol. The number of pyridine rings is 1. The van der Waals surface area contributed by atoms with Crippen molar-refractivity contribution in [2.24, 2.45) is 5.92 Å². The van der Waals surface area contributed by atoms with Crippen LogP contribution in [0.2, 0.25) is 0 Å². The summed E-state index contributed by atoms with van der Waals surface area (Å²) < 4.78 is 13.3. The molecular formula is C30H28N2O5. The fourth-order valence-electron chi connectivity index (χ4n) is 5.81. The number of hydrogen-bond donors (Lipinski definition) is 0. The van der Waals surface area contributed by atoms with E-state index < -0.39 is 0 Å². The van der Waals surface area contributed by atoms with Crippen LogP contribution in [-0.2, 0) is 17.8 Å². The Hall–Kier alpha value is -4.13. The van der Waals surface area contributed by atoms with Crippen LogP contribution in [0, 0.1) is 12.8 Å². The lowest BCUT2D eigenvalue weighted by molar-refractivity contribution is -0.136. The molecule has 0 unspecified atom stereocenters. The first-order valence-electron chi connectivity index (χ1n) is 12.7. The molecule has 37 heavy (non-hydrogen) atoms. The summed E-state index contributed by atoms with van der Waals surface area (Å²) in [6.45, 7) is 3.68. The summed E-state index contributed by atoms with van der Waals surface area (Å²) in [7, 11) is 0. The van der Waals surface area contributed by atoms with E-state index in [1.165, 1.54) is 0 Å². The largest absolute Gasteiger partial charge is 0.484 e. The molecule has 0 N–H and O–H groups in total. The van der Waals surface area contributed by atoms with E-state index in [9.17, 15) is 14.4 Å². The van der Waals surface area contributed by atoms with Gasteiger partial charge in [-0.2, -0.15) is 0 Å². The van der Waals surface area contributed by atoms with Crippen LogP contribution in [0.15, 0.2) is 80.7 Å². The van der Waals surface area contributed by atoms with Crippen molar-refractivity contribution in [1.82, 2.24) is 9.47 Å². The molecule has 2 aliphatic heterocycles. The maximum Gasteiger partial charge on any atom is 0.340 e. The maximum atomic E-state index is 13.0. The molecule has 1 amide bonds. The first-order chi connectivity index (χ1) is 18.0. The highest BCUT2D eigenvalue weighted by atomic mass is 16.5. The SMILES string of the molecule is Cc1c(Cc2ccccc2)c(=O)oc2cc(OCC(=O)N3C[C@H]4C[C@@H](C3)c3cccc(=O)n3C4)ccc12. The zero-order valence-electron chi connectivity index (χ0n) is 20.7. The Bertz CT molecular complexity index is 1600. The molecule has 0 radical (unpaired) electrons. The van der Waals surface area contributed by atoms with Crippen molar-refractivity contribution in [1.29, 1.82) is 0 Å². The Labute approximate surface area is 213 Å². The lowest BCUT2D eigenvalue weighted by Gasteiger charge is -2.42. The molecule has 2 aliphatic rings. The van der Waals surface area contributed by atoms with E-state index in [0.717, 1.165) is 28.6 Å². The van der Waals surface area contributed by atoms with Crippen LogP contribution >= 0.6 is 0 Å². The van der Waals surface area contributed by atoms with Crippen LogP contribution in [0.4, 0.5) is 0 Å². The number of rotatable bonds is 5. The molecule has 2 aromatic carbocycles. The Kier molecular flexibility index (Phi) is 5.91. The quantitative estimate of drug-likeness (QED) is 0.392. The number of ether oxygens (including phenoxy) is 1. The molecule has 4 aromatic rings. The Morgan fingerprint density at radius 1 is 1.00 bits per heavy atom. The monoisotopic (exact) mass is 496 g/mol. The summed E-state index contributed by atoms with van der Waals surface area (Å²) in [6, 6.07) is 20.6. The molecule has 0 saturated carbocycles. The van der Waals surface area contributed by atoms with Crippen LogP contribution in [0.25, 0.3) is 11.0 Å². The number of carbonyl (C=O) groups is 1. The number of carbonyl (C=O) groups excluding carboxylic acids is 1. The Morgan fingerprint density at radius 2 is 1.84 bits per heavy atom. The minimum Gasteiger partial charge on any atom is -0.484 e. The third-order valence-electron chi connectivity index (χ3n) is 7.68. The molecule has 0 spiro atoms. The van der Waals surface area contributed by atoms with E-state index in [1.54, 1.807) is 18.2 Å². The zero-order chi connectivity index (χ0) is 25.5. The van der Waals surface area contributed by atoms with Crippen LogP contribution in [0.5, 0.6) is 5.75 Å². The van der Waals surface area contributed by atoms with Crippen molar-refractivity contribution in [3.63, 3.8) is 0 Å². The van der Waals surface area contributed by atoms with E-state index >= 15 is 0 Å². The van der Waals surface area contributed by atoms with Crippen LogP contribution in [-0.4, -0.2) is 35.1 Å². The van der Waals surface area contributed by atoms with Crippen LogP contribution < -0.4 is 15.9 Å². The highest BCUT2D eigenvalue weighted by Gasteiger charge is 2.36. The number of aromatic nitrogens is 1. The number of fused-ring (bicyclic) bond motifs is 5. The van der Waals surface area contributed by atoms with E-state index in [0.29, 0.717) is 43.0 Å². The van der Waals surface area contributed by atoms with Gasteiger partial charge in [0.25, 0.3) is 11.5 Å². The summed E-state index contributed by atoms with van der Waals surface area (Å²) in [4.78, 5) is 39.9.